The van der Waals surface area contributed by atoms with E-state index in [0.717, 1.165) is 12.1 Å². The van der Waals surface area contributed by atoms with Crippen molar-refractivity contribution in [2.24, 2.45) is 0 Å². The fourth-order valence-electron chi connectivity index (χ4n) is 2.33. The number of para-hydroxylation sites is 2. The molecule has 5 nitrogen and oxygen atoms in total. The molecule has 3 rings (SSSR count). The Kier molecular flexibility index (Phi) is 5.12. The van der Waals surface area contributed by atoms with Gasteiger partial charge in [0.05, 0.1) is 11.3 Å². The number of nitrogens with one attached hydrogen (secondary N) is 1. The van der Waals surface area contributed by atoms with Crippen molar-refractivity contribution in [3.63, 3.8) is 0 Å². The second kappa shape index (κ2) is 7.65. The van der Waals surface area contributed by atoms with Crippen LogP contribution in [0, 0.1) is 11.6 Å². The number of carboxylic acid groups (broad SMARTS) is 1. The molecule has 0 heterocycles. The third kappa shape index (κ3) is 4.46. The smallest absolute Gasteiger partial charge is 0.335 e. The SMILES string of the molecule is O=C(O)c1ccc(Oc2ccccc2NC(=O)c2cc(F)cc(F)c2)cc1. The van der Waals surface area contributed by atoms with Gasteiger partial charge in [-0.15, -0.1) is 0 Å². The van der Waals surface area contributed by atoms with Crippen LogP contribution in [0.25, 0.3) is 0 Å². The zero-order chi connectivity index (χ0) is 19.4. The van der Waals surface area contributed by atoms with Gasteiger partial charge in [0.2, 0.25) is 0 Å². The van der Waals surface area contributed by atoms with Gasteiger partial charge in [-0.1, -0.05) is 12.1 Å². The quantitative estimate of drug-likeness (QED) is 0.683. The minimum Gasteiger partial charge on any atom is -0.478 e. The maximum atomic E-state index is 13.3. The van der Waals surface area contributed by atoms with Gasteiger partial charge in [0, 0.05) is 11.6 Å². The van der Waals surface area contributed by atoms with Crippen molar-refractivity contribution in [2.75, 3.05) is 5.32 Å². The lowest BCUT2D eigenvalue weighted by atomic mass is 10.2. The van der Waals surface area contributed by atoms with E-state index in [9.17, 15) is 18.4 Å². The zero-order valence-electron chi connectivity index (χ0n) is 13.8. The third-order valence-electron chi connectivity index (χ3n) is 3.59. The van der Waals surface area contributed by atoms with E-state index in [1.807, 2.05) is 0 Å². The Morgan fingerprint density at radius 1 is 0.852 bits per heavy atom. The van der Waals surface area contributed by atoms with Crippen LogP contribution in [0.1, 0.15) is 20.7 Å². The van der Waals surface area contributed by atoms with Crippen molar-refractivity contribution in [3.8, 4) is 11.5 Å². The molecule has 0 radical (unpaired) electrons. The maximum Gasteiger partial charge on any atom is 0.335 e. The molecule has 0 aromatic heterocycles. The number of hydrogen-bond donors (Lipinski definition) is 2. The van der Waals surface area contributed by atoms with Crippen LogP contribution in [-0.4, -0.2) is 17.0 Å². The van der Waals surface area contributed by atoms with Gasteiger partial charge >= 0.3 is 5.97 Å². The van der Waals surface area contributed by atoms with E-state index < -0.39 is 23.5 Å². The first-order valence-electron chi connectivity index (χ1n) is 7.80. The van der Waals surface area contributed by atoms with Crippen LogP contribution in [0.5, 0.6) is 11.5 Å². The number of benzene rings is 3. The largest absolute Gasteiger partial charge is 0.478 e. The molecule has 3 aromatic carbocycles. The Morgan fingerprint density at radius 3 is 2.11 bits per heavy atom. The highest BCUT2D eigenvalue weighted by atomic mass is 19.1. The molecule has 27 heavy (non-hydrogen) atoms. The number of aromatic carboxylic acids is 1. The van der Waals surface area contributed by atoms with Crippen molar-refractivity contribution in [3.05, 3.63) is 89.5 Å². The van der Waals surface area contributed by atoms with Gasteiger partial charge in [-0.25, -0.2) is 13.6 Å². The molecule has 0 aliphatic carbocycles. The van der Waals surface area contributed by atoms with Gasteiger partial charge < -0.3 is 15.2 Å². The van der Waals surface area contributed by atoms with Crippen molar-refractivity contribution in [1.29, 1.82) is 0 Å². The molecular formula is C20H13F2NO4. The normalized spacial score (nSPS) is 10.3. The van der Waals surface area contributed by atoms with Gasteiger partial charge in [-0.05, 0) is 48.5 Å². The summed E-state index contributed by atoms with van der Waals surface area (Å²) in [5.41, 5.74) is 0.222. The van der Waals surface area contributed by atoms with Crippen LogP contribution in [0.3, 0.4) is 0 Å². The molecule has 0 fully saturated rings. The number of halogens is 2. The summed E-state index contributed by atoms with van der Waals surface area (Å²) in [5.74, 6) is -2.84. The minimum absolute atomic E-state index is 0.108. The fourth-order valence-corrected chi connectivity index (χ4v) is 2.33. The first-order chi connectivity index (χ1) is 12.9. The van der Waals surface area contributed by atoms with Crippen molar-refractivity contribution >= 4 is 17.6 Å². The van der Waals surface area contributed by atoms with Crippen LogP contribution >= 0.6 is 0 Å². The molecule has 0 unspecified atom stereocenters. The predicted molar refractivity (Wildman–Crippen MR) is 94.2 cm³/mol. The summed E-state index contributed by atoms with van der Waals surface area (Å²) in [6.07, 6.45) is 0. The highest BCUT2D eigenvalue weighted by molar-refractivity contribution is 6.05. The predicted octanol–water partition coefficient (Wildman–Crippen LogP) is 4.71. The van der Waals surface area contributed by atoms with Crippen molar-refractivity contribution < 1.29 is 28.2 Å². The maximum absolute atomic E-state index is 13.3. The summed E-state index contributed by atoms with van der Waals surface area (Å²) in [6, 6.07) is 14.7. The zero-order valence-corrected chi connectivity index (χ0v) is 13.8. The highest BCUT2D eigenvalue weighted by Crippen LogP contribution is 2.30. The molecule has 0 aliphatic rings. The topological polar surface area (TPSA) is 75.6 Å². The minimum atomic E-state index is -1.06. The number of anilines is 1. The average Bonchev–Trinajstić information content (AvgIpc) is 2.63. The molecule has 0 spiro atoms. The summed E-state index contributed by atoms with van der Waals surface area (Å²) in [4.78, 5) is 23.2. The molecule has 0 saturated heterocycles. The first kappa shape index (κ1) is 18.1. The molecule has 2 N–H and O–H groups in total. The van der Waals surface area contributed by atoms with Crippen molar-refractivity contribution in [2.45, 2.75) is 0 Å². The second-order valence-corrected chi connectivity index (χ2v) is 5.54. The lowest BCUT2D eigenvalue weighted by Gasteiger charge is -2.12. The second-order valence-electron chi connectivity index (χ2n) is 5.54. The number of hydrogen-bond acceptors (Lipinski definition) is 3. The van der Waals surface area contributed by atoms with Crippen LogP contribution in [0.4, 0.5) is 14.5 Å². The number of carbonyl (C=O) groups is 2. The summed E-state index contributed by atoms with van der Waals surface area (Å²) < 4.78 is 32.3. The van der Waals surface area contributed by atoms with Gasteiger partial charge in [-0.3, -0.25) is 4.79 Å². The Labute approximate surface area is 152 Å². The standard InChI is InChI=1S/C20H13F2NO4/c21-14-9-13(10-15(22)11-14)19(24)23-17-3-1-2-4-18(17)27-16-7-5-12(6-8-16)20(25)26/h1-11H,(H,23,24)(H,25,26). The Morgan fingerprint density at radius 2 is 1.48 bits per heavy atom. The van der Waals surface area contributed by atoms with E-state index in [0.29, 0.717) is 11.8 Å². The molecule has 3 aromatic rings. The molecule has 7 heteroatoms. The Bertz CT molecular complexity index is 983. The fraction of sp³-hybridized carbons (Fsp3) is 0. The Hall–Kier alpha value is -3.74. The molecule has 0 atom stereocenters. The van der Waals surface area contributed by atoms with Gasteiger partial charge in [0.1, 0.15) is 17.4 Å². The molecule has 136 valence electrons. The van der Waals surface area contributed by atoms with Crippen molar-refractivity contribution in [1.82, 2.24) is 0 Å². The van der Waals surface area contributed by atoms with E-state index >= 15 is 0 Å². The number of carbonyl (C=O) groups excluding carboxylic acids is 1. The van der Waals surface area contributed by atoms with Gasteiger partial charge in [0.25, 0.3) is 5.91 Å². The van der Waals surface area contributed by atoms with Gasteiger partial charge in [-0.2, -0.15) is 0 Å². The number of ether oxygens (including phenoxy) is 1. The van der Waals surface area contributed by atoms with E-state index in [2.05, 4.69) is 5.32 Å². The van der Waals surface area contributed by atoms with E-state index in [4.69, 9.17) is 9.84 Å². The Balaban J connectivity index is 1.81. The molecule has 0 saturated carbocycles. The molecule has 1 amide bonds. The third-order valence-corrected chi connectivity index (χ3v) is 3.59. The van der Waals surface area contributed by atoms with Crippen LogP contribution in [0.2, 0.25) is 0 Å². The summed E-state index contributed by atoms with van der Waals surface area (Å²) >= 11 is 0. The first-order valence-corrected chi connectivity index (χ1v) is 7.80. The lowest BCUT2D eigenvalue weighted by molar-refractivity contribution is 0.0696. The number of carboxylic acids is 1. The van der Waals surface area contributed by atoms with Crippen LogP contribution in [-0.2, 0) is 0 Å². The van der Waals surface area contributed by atoms with Crippen LogP contribution < -0.4 is 10.1 Å². The molecule has 0 aliphatic heterocycles. The van der Waals surface area contributed by atoms with Gasteiger partial charge in [0.15, 0.2) is 5.75 Å². The highest BCUT2D eigenvalue weighted by Gasteiger charge is 2.13. The molecular weight excluding hydrogens is 356 g/mol. The van der Waals surface area contributed by atoms with Crippen LogP contribution in [0.15, 0.2) is 66.7 Å². The monoisotopic (exact) mass is 369 g/mol. The van der Waals surface area contributed by atoms with E-state index in [1.54, 1.807) is 24.3 Å². The summed E-state index contributed by atoms with van der Waals surface area (Å²) in [7, 11) is 0. The lowest BCUT2D eigenvalue weighted by Crippen LogP contribution is -2.13. The van der Waals surface area contributed by atoms with E-state index in [1.165, 1.54) is 24.3 Å². The number of amides is 1. The number of rotatable bonds is 5. The summed E-state index contributed by atoms with van der Waals surface area (Å²) in [6.45, 7) is 0. The van der Waals surface area contributed by atoms with E-state index in [-0.39, 0.29) is 22.6 Å². The average molecular weight is 369 g/mol. The summed E-state index contributed by atoms with van der Waals surface area (Å²) in [5, 5.41) is 11.5. The molecule has 0 bridgehead atoms.